The van der Waals surface area contributed by atoms with E-state index in [-0.39, 0.29) is 6.10 Å². The first-order chi connectivity index (χ1) is 11.7. The van der Waals surface area contributed by atoms with Crippen LogP contribution in [0.15, 0.2) is 70.6 Å². The first kappa shape index (κ1) is 16.3. The highest BCUT2D eigenvalue weighted by atomic mass is 32.2. The van der Waals surface area contributed by atoms with Gasteiger partial charge in [0.2, 0.25) is 0 Å². The molecule has 24 heavy (non-hydrogen) atoms. The number of anilines is 2. The Morgan fingerprint density at radius 1 is 1.00 bits per heavy atom. The SMILES string of the molecule is CCC(Oc1ccc(Sc2ccc(N)c(N)c2)cc1)c1ccc[nH]1. The van der Waals surface area contributed by atoms with E-state index >= 15 is 0 Å². The molecule has 2 aromatic carbocycles. The monoisotopic (exact) mass is 339 g/mol. The predicted octanol–water partition coefficient (Wildman–Crippen LogP) is 4.86. The summed E-state index contributed by atoms with van der Waals surface area (Å²) in [4.78, 5) is 5.40. The zero-order chi connectivity index (χ0) is 16.9. The molecule has 5 heteroatoms. The lowest BCUT2D eigenvalue weighted by Gasteiger charge is -2.16. The highest BCUT2D eigenvalue weighted by molar-refractivity contribution is 7.99. The van der Waals surface area contributed by atoms with Crippen molar-refractivity contribution in [2.45, 2.75) is 29.2 Å². The van der Waals surface area contributed by atoms with Crippen LogP contribution in [0, 0.1) is 0 Å². The fourth-order valence-electron chi connectivity index (χ4n) is 2.41. The standard InChI is InChI=1S/C19H21N3OS/c1-2-19(18-4-3-11-22-18)23-13-5-7-14(8-6-13)24-15-9-10-16(20)17(21)12-15/h3-12,19,22H,2,20-21H2,1H3. The Labute approximate surface area is 146 Å². The molecule has 3 aromatic rings. The Balaban J connectivity index is 1.67. The van der Waals surface area contributed by atoms with Crippen LogP contribution in [0.1, 0.15) is 25.1 Å². The van der Waals surface area contributed by atoms with Crippen molar-refractivity contribution in [1.29, 1.82) is 0 Å². The summed E-state index contributed by atoms with van der Waals surface area (Å²) < 4.78 is 6.07. The lowest BCUT2D eigenvalue weighted by molar-refractivity contribution is 0.197. The molecule has 1 atom stereocenters. The Morgan fingerprint density at radius 3 is 2.38 bits per heavy atom. The Hall–Kier alpha value is -2.53. The first-order valence-electron chi connectivity index (χ1n) is 7.88. The largest absolute Gasteiger partial charge is 0.484 e. The van der Waals surface area contributed by atoms with Crippen LogP contribution in [-0.4, -0.2) is 4.98 Å². The van der Waals surface area contributed by atoms with Crippen LogP contribution in [0.25, 0.3) is 0 Å². The molecule has 0 spiro atoms. The van der Waals surface area contributed by atoms with Gasteiger partial charge in [-0.25, -0.2) is 0 Å². The van der Waals surface area contributed by atoms with Crippen LogP contribution in [-0.2, 0) is 0 Å². The minimum atomic E-state index is 0.0374. The molecule has 1 heterocycles. The maximum atomic E-state index is 6.07. The first-order valence-corrected chi connectivity index (χ1v) is 8.70. The van der Waals surface area contributed by atoms with Gasteiger partial charge in [0, 0.05) is 16.0 Å². The average molecular weight is 339 g/mol. The Morgan fingerprint density at radius 2 is 1.75 bits per heavy atom. The molecule has 0 aliphatic heterocycles. The smallest absolute Gasteiger partial charge is 0.138 e. The molecule has 0 bridgehead atoms. The summed E-state index contributed by atoms with van der Waals surface area (Å²) in [5.41, 5.74) is 13.9. The zero-order valence-electron chi connectivity index (χ0n) is 13.5. The van der Waals surface area contributed by atoms with Crippen LogP contribution < -0.4 is 16.2 Å². The average Bonchev–Trinajstić information content (AvgIpc) is 3.12. The molecular formula is C19H21N3OS. The molecule has 3 rings (SSSR count). The second-order valence-corrected chi connectivity index (χ2v) is 6.65. The summed E-state index contributed by atoms with van der Waals surface area (Å²) in [5, 5.41) is 0. The summed E-state index contributed by atoms with van der Waals surface area (Å²) in [6.45, 7) is 2.11. The lowest BCUT2D eigenvalue weighted by Crippen LogP contribution is -2.06. The molecule has 0 aliphatic rings. The van der Waals surface area contributed by atoms with E-state index in [4.69, 9.17) is 16.2 Å². The van der Waals surface area contributed by atoms with Crippen LogP contribution in [0.5, 0.6) is 5.75 Å². The van der Waals surface area contributed by atoms with Gasteiger partial charge in [-0.3, -0.25) is 0 Å². The quantitative estimate of drug-likeness (QED) is 0.560. The second kappa shape index (κ2) is 7.36. The summed E-state index contributed by atoms with van der Waals surface area (Å²) >= 11 is 1.64. The van der Waals surface area contributed by atoms with Gasteiger partial charge in [-0.15, -0.1) is 0 Å². The summed E-state index contributed by atoms with van der Waals surface area (Å²) in [7, 11) is 0. The summed E-state index contributed by atoms with van der Waals surface area (Å²) in [6.07, 6.45) is 2.86. The number of nitrogens with two attached hydrogens (primary N) is 2. The van der Waals surface area contributed by atoms with Crippen molar-refractivity contribution in [2.75, 3.05) is 11.5 Å². The molecule has 1 aromatic heterocycles. The van der Waals surface area contributed by atoms with Gasteiger partial charge in [-0.2, -0.15) is 0 Å². The van der Waals surface area contributed by atoms with Gasteiger partial charge in [0.15, 0.2) is 0 Å². The van der Waals surface area contributed by atoms with E-state index in [9.17, 15) is 0 Å². The topological polar surface area (TPSA) is 77.1 Å². The van der Waals surface area contributed by atoms with Crippen molar-refractivity contribution in [3.8, 4) is 5.75 Å². The normalized spacial score (nSPS) is 12.0. The maximum Gasteiger partial charge on any atom is 0.138 e. The molecule has 1 unspecified atom stereocenters. The Bertz CT molecular complexity index is 785. The molecule has 0 aliphatic carbocycles. The number of ether oxygens (including phenoxy) is 1. The van der Waals surface area contributed by atoms with E-state index in [0.717, 1.165) is 27.7 Å². The second-order valence-electron chi connectivity index (χ2n) is 5.50. The van der Waals surface area contributed by atoms with Gasteiger partial charge < -0.3 is 21.2 Å². The van der Waals surface area contributed by atoms with Gasteiger partial charge in [-0.1, -0.05) is 18.7 Å². The van der Waals surface area contributed by atoms with Gasteiger partial charge in [0.1, 0.15) is 11.9 Å². The number of hydrogen-bond donors (Lipinski definition) is 3. The minimum Gasteiger partial charge on any atom is -0.484 e. The van der Waals surface area contributed by atoms with Gasteiger partial charge in [0.25, 0.3) is 0 Å². The zero-order valence-corrected chi connectivity index (χ0v) is 14.3. The van der Waals surface area contributed by atoms with E-state index in [0.29, 0.717) is 11.4 Å². The molecule has 5 N–H and O–H groups in total. The van der Waals surface area contributed by atoms with Gasteiger partial charge in [0.05, 0.1) is 17.1 Å². The van der Waals surface area contributed by atoms with E-state index in [2.05, 4.69) is 11.9 Å². The molecule has 4 nitrogen and oxygen atoms in total. The van der Waals surface area contributed by atoms with Gasteiger partial charge in [-0.05, 0) is 61.0 Å². The van der Waals surface area contributed by atoms with Crippen molar-refractivity contribution in [3.63, 3.8) is 0 Å². The summed E-state index contributed by atoms with van der Waals surface area (Å²) in [5.74, 6) is 0.859. The number of aromatic nitrogens is 1. The molecule has 0 saturated carbocycles. The predicted molar refractivity (Wildman–Crippen MR) is 100 cm³/mol. The van der Waals surface area contributed by atoms with Crippen LogP contribution in [0.3, 0.4) is 0 Å². The third kappa shape index (κ3) is 3.86. The number of H-pyrrole nitrogens is 1. The maximum absolute atomic E-state index is 6.07. The molecule has 0 saturated heterocycles. The van der Waals surface area contributed by atoms with E-state index in [1.54, 1.807) is 11.8 Å². The van der Waals surface area contributed by atoms with Crippen LogP contribution >= 0.6 is 11.8 Å². The molecular weight excluding hydrogens is 318 g/mol. The molecule has 0 amide bonds. The minimum absolute atomic E-state index is 0.0374. The number of hydrogen-bond acceptors (Lipinski definition) is 4. The fraction of sp³-hybridized carbons (Fsp3) is 0.158. The van der Waals surface area contributed by atoms with Crippen molar-refractivity contribution in [3.05, 3.63) is 66.5 Å². The lowest BCUT2D eigenvalue weighted by atomic mass is 10.2. The van der Waals surface area contributed by atoms with Crippen LogP contribution in [0.2, 0.25) is 0 Å². The third-order valence-corrected chi connectivity index (χ3v) is 4.73. The van der Waals surface area contributed by atoms with Gasteiger partial charge >= 0.3 is 0 Å². The molecule has 124 valence electrons. The van der Waals surface area contributed by atoms with E-state index in [1.165, 1.54) is 0 Å². The number of rotatable bonds is 6. The molecule has 0 radical (unpaired) electrons. The molecule has 0 fully saturated rings. The third-order valence-electron chi connectivity index (χ3n) is 3.74. The fourth-order valence-corrected chi connectivity index (χ4v) is 3.28. The van der Waals surface area contributed by atoms with Crippen molar-refractivity contribution < 1.29 is 4.74 Å². The summed E-state index contributed by atoms with van der Waals surface area (Å²) in [6, 6.07) is 17.8. The Kier molecular flexibility index (Phi) is 5.01. The highest BCUT2D eigenvalue weighted by Crippen LogP contribution is 2.32. The number of nitrogen functional groups attached to an aromatic ring is 2. The van der Waals surface area contributed by atoms with Crippen molar-refractivity contribution in [2.24, 2.45) is 0 Å². The van der Waals surface area contributed by atoms with Crippen molar-refractivity contribution in [1.82, 2.24) is 4.98 Å². The van der Waals surface area contributed by atoms with Crippen molar-refractivity contribution >= 4 is 23.1 Å². The van der Waals surface area contributed by atoms with E-state index < -0.39 is 0 Å². The van der Waals surface area contributed by atoms with E-state index in [1.807, 2.05) is 60.8 Å². The number of benzene rings is 2. The number of aromatic amines is 1. The van der Waals surface area contributed by atoms with Crippen LogP contribution in [0.4, 0.5) is 11.4 Å². The highest BCUT2D eigenvalue weighted by Gasteiger charge is 2.11. The number of nitrogens with one attached hydrogen (secondary N) is 1.